The van der Waals surface area contributed by atoms with Crippen molar-refractivity contribution in [2.75, 3.05) is 25.6 Å². The third kappa shape index (κ3) is 5.98. The van der Waals surface area contributed by atoms with E-state index in [1.807, 2.05) is 6.92 Å². The van der Waals surface area contributed by atoms with Gasteiger partial charge in [0.2, 0.25) is 0 Å². The highest BCUT2D eigenvalue weighted by atomic mass is 35.5. The van der Waals surface area contributed by atoms with E-state index in [1.54, 1.807) is 0 Å². The maximum atomic E-state index is 12.3. The molecule has 0 aliphatic carbocycles. The molecule has 11 heteroatoms. The van der Waals surface area contributed by atoms with E-state index in [0.717, 1.165) is 12.5 Å². The topological polar surface area (TPSA) is 117 Å². The number of hydrogen-bond acceptors (Lipinski definition) is 7. The Morgan fingerprint density at radius 3 is 2.57 bits per heavy atom. The molecule has 0 aliphatic rings. The number of esters is 1. The van der Waals surface area contributed by atoms with E-state index in [1.165, 1.54) is 31.4 Å². The first-order chi connectivity index (χ1) is 14.3. The molecule has 1 N–H and O–H groups in total. The van der Waals surface area contributed by atoms with Gasteiger partial charge in [0.25, 0.3) is 11.6 Å². The predicted octanol–water partition coefficient (Wildman–Crippen LogP) is 4.49. The van der Waals surface area contributed by atoms with Crippen LogP contribution in [0.1, 0.15) is 23.7 Å². The fraction of sp³-hybridized carbons (Fsp3) is 0.263. The molecule has 0 atom stereocenters. The highest BCUT2D eigenvalue weighted by Gasteiger charge is 2.20. The molecule has 0 fully saturated rings. The van der Waals surface area contributed by atoms with E-state index in [-0.39, 0.29) is 32.7 Å². The van der Waals surface area contributed by atoms with Gasteiger partial charge < -0.3 is 19.5 Å². The van der Waals surface area contributed by atoms with Crippen LogP contribution in [-0.4, -0.2) is 37.1 Å². The number of nitro groups is 1. The molecule has 0 bridgehead atoms. The first-order valence-electron chi connectivity index (χ1n) is 8.68. The lowest BCUT2D eigenvalue weighted by atomic mass is 10.2. The zero-order valence-corrected chi connectivity index (χ0v) is 17.6. The van der Waals surface area contributed by atoms with Gasteiger partial charge in [-0.3, -0.25) is 14.9 Å². The Balaban J connectivity index is 2.06. The summed E-state index contributed by atoms with van der Waals surface area (Å²) in [7, 11) is 1.39. The van der Waals surface area contributed by atoms with Crippen LogP contribution in [0.15, 0.2) is 30.3 Å². The van der Waals surface area contributed by atoms with Crippen molar-refractivity contribution in [1.82, 2.24) is 0 Å². The number of rotatable bonds is 9. The summed E-state index contributed by atoms with van der Waals surface area (Å²) in [5.74, 6) is -1.07. The molecule has 0 spiro atoms. The molecule has 0 heterocycles. The Morgan fingerprint density at radius 2 is 1.93 bits per heavy atom. The normalized spacial score (nSPS) is 10.3. The highest BCUT2D eigenvalue weighted by molar-refractivity contribution is 6.32. The van der Waals surface area contributed by atoms with Gasteiger partial charge >= 0.3 is 5.97 Å². The monoisotopic (exact) mass is 456 g/mol. The average molecular weight is 457 g/mol. The third-order valence-corrected chi connectivity index (χ3v) is 4.20. The van der Waals surface area contributed by atoms with Crippen LogP contribution in [0, 0.1) is 10.1 Å². The first kappa shape index (κ1) is 23.2. The van der Waals surface area contributed by atoms with Crippen molar-refractivity contribution >= 4 is 46.5 Å². The van der Waals surface area contributed by atoms with E-state index < -0.39 is 23.4 Å². The number of nitrogens with zero attached hydrogens (tertiary/aromatic N) is 1. The molecule has 1 amide bonds. The van der Waals surface area contributed by atoms with Crippen LogP contribution in [0.4, 0.5) is 11.4 Å². The van der Waals surface area contributed by atoms with Crippen molar-refractivity contribution in [2.45, 2.75) is 13.3 Å². The second kappa shape index (κ2) is 10.7. The summed E-state index contributed by atoms with van der Waals surface area (Å²) < 4.78 is 15.7. The number of ether oxygens (including phenoxy) is 3. The minimum atomic E-state index is -0.835. The minimum Gasteiger partial charge on any atom is -0.493 e. The zero-order valence-electron chi connectivity index (χ0n) is 16.1. The number of halogens is 2. The first-order valence-corrected chi connectivity index (χ1v) is 9.43. The van der Waals surface area contributed by atoms with Crippen molar-refractivity contribution in [1.29, 1.82) is 0 Å². The molecule has 9 nitrogen and oxygen atoms in total. The molecule has 0 saturated carbocycles. The summed E-state index contributed by atoms with van der Waals surface area (Å²) >= 11 is 11.9. The van der Waals surface area contributed by atoms with Crippen LogP contribution in [0.2, 0.25) is 10.0 Å². The fourth-order valence-electron chi connectivity index (χ4n) is 2.34. The number of methoxy groups -OCH3 is 1. The Labute approximate surface area is 182 Å². The van der Waals surface area contributed by atoms with Gasteiger partial charge in [-0.25, -0.2) is 4.79 Å². The molecule has 2 rings (SSSR count). The van der Waals surface area contributed by atoms with Gasteiger partial charge in [-0.1, -0.05) is 30.1 Å². The van der Waals surface area contributed by atoms with Gasteiger partial charge in [0.05, 0.1) is 29.2 Å². The Morgan fingerprint density at radius 1 is 1.20 bits per heavy atom. The van der Waals surface area contributed by atoms with Crippen molar-refractivity contribution in [3.8, 4) is 11.5 Å². The highest BCUT2D eigenvalue weighted by Crippen LogP contribution is 2.36. The Bertz CT molecular complexity index is 966. The number of carbonyl (C=O) groups is 2. The van der Waals surface area contributed by atoms with Gasteiger partial charge in [-0.2, -0.15) is 0 Å². The van der Waals surface area contributed by atoms with Crippen LogP contribution in [0.3, 0.4) is 0 Å². The molecule has 0 saturated heterocycles. The lowest BCUT2D eigenvalue weighted by Gasteiger charge is -2.13. The lowest BCUT2D eigenvalue weighted by Crippen LogP contribution is -2.21. The number of carbonyl (C=O) groups excluding carboxylic acids is 2. The molecule has 30 heavy (non-hydrogen) atoms. The summed E-state index contributed by atoms with van der Waals surface area (Å²) in [4.78, 5) is 34.7. The van der Waals surface area contributed by atoms with Gasteiger partial charge in [0.15, 0.2) is 18.1 Å². The molecule has 2 aromatic rings. The zero-order chi connectivity index (χ0) is 22.3. The Kier molecular flexibility index (Phi) is 8.25. The maximum absolute atomic E-state index is 12.3. The van der Waals surface area contributed by atoms with Crippen molar-refractivity contribution in [3.63, 3.8) is 0 Å². The van der Waals surface area contributed by atoms with Gasteiger partial charge in [-0.05, 0) is 30.7 Å². The molecular weight excluding hydrogens is 439 g/mol. The number of nitro benzene ring substituents is 1. The van der Waals surface area contributed by atoms with Crippen LogP contribution in [0.5, 0.6) is 11.5 Å². The molecule has 0 aliphatic heterocycles. The van der Waals surface area contributed by atoms with Gasteiger partial charge in [0, 0.05) is 11.1 Å². The smallest absolute Gasteiger partial charge is 0.338 e. The standard InChI is InChI=1S/C19H18Cl2N2O7/c1-3-6-29-18-13(21)7-11(8-16(18)28-2)19(25)30-10-17(24)22-14-5-4-12(20)9-15(14)23(26)27/h4-5,7-9H,3,6,10H2,1-2H3,(H,22,24). The van der Waals surface area contributed by atoms with Gasteiger partial charge in [-0.15, -0.1) is 0 Å². The number of nitrogens with one attached hydrogen (secondary N) is 1. The van der Waals surface area contributed by atoms with Crippen LogP contribution < -0.4 is 14.8 Å². The van der Waals surface area contributed by atoms with Crippen molar-refractivity contribution in [2.24, 2.45) is 0 Å². The average Bonchev–Trinajstić information content (AvgIpc) is 2.71. The molecule has 0 unspecified atom stereocenters. The number of benzene rings is 2. The largest absolute Gasteiger partial charge is 0.493 e. The third-order valence-electron chi connectivity index (χ3n) is 3.68. The second-order valence-corrected chi connectivity index (χ2v) is 6.72. The van der Waals surface area contributed by atoms with E-state index in [0.29, 0.717) is 12.4 Å². The minimum absolute atomic E-state index is 0.0472. The van der Waals surface area contributed by atoms with E-state index in [4.69, 9.17) is 37.4 Å². The van der Waals surface area contributed by atoms with Crippen molar-refractivity contribution in [3.05, 3.63) is 56.1 Å². The quantitative estimate of drug-likeness (QED) is 0.335. The van der Waals surface area contributed by atoms with Crippen LogP contribution >= 0.6 is 23.2 Å². The van der Waals surface area contributed by atoms with E-state index in [9.17, 15) is 19.7 Å². The SMILES string of the molecule is CCCOc1c(Cl)cc(C(=O)OCC(=O)Nc2ccc(Cl)cc2[N+](=O)[O-])cc1OC. The number of amides is 1. The van der Waals surface area contributed by atoms with E-state index >= 15 is 0 Å². The molecule has 0 aromatic heterocycles. The van der Waals surface area contributed by atoms with Crippen molar-refractivity contribution < 1.29 is 28.7 Å². The number of anilines is 1. The summed E-state index contributed by atoms with van der Waals surface area (Å²) in [6, 6.07) is 6.46. The Hall–Kier alpha value is -3.04. The summed E-state index contributed by atoms with van der Waals surface area (Å²) in [5, 5.41) is 13.7. The summed E-state index contributed by atoms with van der Waals surface area (Å²) in [5.41, 5.74) is -0.417. The maximum Gasteiger partial charge on any atom is 0.338 e. The molecular formula is C19H18Cl2N2O7. The van der Waals surface area contributed by atoms with Crippen LogP contribution in [0.25, 0.3) is 0 Å². The number of hydrogen-bond donors (Lipinski definition) is 1. The molecule has 2 aromatic carbocycles. The summed E-state index contributed by atoms with van der Waals surface area (Å²) in [6.45, 7) is 1.67. The second-order valence-electron chi connectivity index (χ2n) is 5.88. The lowest BCUT2D eigenvalue weighted by molar-refractivity contribution is -0.383. The van der Waals surface area contributed by atoms with Crippen LogP contribution in [-0.2, 0) is 9.53 Å². The summed E-state index contributed by atoms with van der Waals surface area (Å²) in [6.07, 6.45) is 0.754. The fourth-order valence-corrected chi connectivity index (χ4v) is 2.78. The molecule has 160 valence electrons. The van der Waals surface area contributed by atoms with Gasteiger partial charge in [0.1, 0.15) is 5.69 Å². The molecule has 0 radical (unpaired) electrons. The predicted molar refractivity (Wildman–Crippen MR) is 111 cm³/mol. The van der Waals surface area contributed by atoms with E-state index in [2.05, 4.69) is 5.32 Å².